The third-order valence-electron chi connectivity index (χ3n) is 3.62. The lowest BCUT2D eigenvalue weighted by molar-refractivity contribution is 0.959. The van der Waals surface area contributed by atoms with Gasteiger partial charge in [-0.25, -0.2) is 0 Å². The van der Waals surface area contributed by atoms with E-state index in [4.69, 9.17) is 0 Å². The van der Waals surface area contributed by atoms with Crippen molar-refractivity contribution >= 4 is 44.4 Å². The van der Waals surface area contributed by atoms with Crippen molar-refractivity contribution in [2.45, 2.75) is 6.92 Å². The van der Waals surface area contributed by atoms with E-state index >= 15 is 0 Å². The van der Waals surface area contributed by atoms with Crippen molar-refractivity contribution in [2.24, 2.45) is 0 Å². The molecule has 0 saturated carbocycles. The fourth-order valence-corrected chi connectivity index (χ4v) is 3.56. The molecule has 0 amide bonds. The summed E-state index contributed by atoms with van der Waals surface area (Å²) in [6, 6.07) is 16.3. The molecule has 0 atom stereocenters. The summed E-state index contributed by atoms with van der Waals surface area (Å²) in [5, 5.41) is 14.0. The average Bonchev–Trinajstić information content (AvgIpc) is 3.15. The van der Waals surface area contributed by atoms with Gasteiger partial charge in [-0.05, 0) is 30.7 Å². The molecule has 0 aliphatic rings. The molecule has 0 aliphatic heterocycles. The molecule has 0 radical (unpaired) electrons. The summed E-state index contributed by atoms with van der Waals surface area (Å²) in [5.41, 5.74) is 3.38. The Morgan fingerprint density at radius 1 is 1.00 bits per heavy atom. The van der Waals surface area contributed by atoms with Crippen molar-refractivity contribution in [1.82, 2.24) is 19.8 Å². The number of rotatable bonds is 3. The fraction of sp³-hybridized carbons (Fsp3) is 0.0556. The highest BCUT2D eigenvalue weighted by Crippen LogP contribution is 2.28. The SMILES string of the molecule is Cc1ccc(/C=C/c2nn3c(-c4ccccc4Br)nnc3s2)cc1. The van der Waals surface area contributed by atoms with Crippen LogP contribution in [0.2, 0.25) is 0 Å². The van der Waals surface area contributed by atoms with Gasteiger partial charge in [0.05, 0.1) is 0 Å². The lowest BCUT2D eigenvalue weighted by Crippen LogP contribution is -1.91. The van der Waals surface area contributed by atoms with Crippen molar-refractivity contribution in [3.63, 3.8) is 0 Å². The third-order valence-corrected chi connectivity index (χ3v) is 5.17. The largest absolute Gasteiger partial charge is 0.235 e. The second-order valence-corrected chi connectivity index (χ2v) is 7.22. The van der Waals surface area contributed by atoms with Gasteiger partial charge in [0.1, 0.15) is 5.01 Å². The summed E-state index contributed by atoms with van der Waals surface area (Å²) in [6.07, 6.45) is 4.07. The molecule has 4 aromatic rings. The van der Waals surface area contributed by atoms with Gasteiger partial charge in [-0.1, -0.05) is 75.3 Å². The molecular weight excluding hydrogens is 384 g/mol. The third kappa shape index (κ3) is 2.90. The molecule has 0 bridgehead atoms. The van der Waals surface area contributed by atoms with Crippen molar-refractivity contribution < 1.29 is 0 Å². The molecule has 0 N–H and O–H groups in total. The summed E-state index contributed by atoms with van der Waals surface area (Å²) in [7, 11) is 0. The maximum atomic E-state index is 4.63. The van der Waals surface area contributed by atoms with Crippen LogP contribution in [0.3, 0.4) is 0 Å². The fourth-order valence-electron chi connectivity index (χ4n) is 2.35. The molecule has 4 nitrogen and oxygen atoms in total. The standard InChI is InChI=1S/C18H13BrN4S/c1-12-6-8-13(9-7-12)10-11-16-22-23-17(20-21-18(23)24-16)14-4-2-3-5-15(14)19/h2-11H,1H3/b11-10+. The summed E-state index contributed by atoms with van der Waals surface area (Å²) < 4.78 is 2.77. The Balaban J connectivity index is 1.69. The lowest BCUT2D eigenvalue weighted by atomic mass is 10.1. The van der Waals surface area contributed by atoms with E-state index in [1.54, 1.807) is 4.52 Å². The van der Waals surface area contributed by atoms with Gasteiger partial charge in [-0.15, -0.1) is 10.2 Å². The number of hydrogen-bond donors (Lipinski definition) is 0. The zero-order valence-corrected chi connectivity index (χ0v) is 15.3. The van der Waals surface area contributed by atoms with Crippen LogP contribution < -0.4 is 0 Å². The first-order chi connectivity index (χ1) is 11.7. The highest BCUT2D eigenvalue weighted by Gasteiger charge is 2.14. The predicted molar refractivity (Wildman–Crippen MR) is 102 cm³/mol. The molecule has 24 heavy (non-hydrogen) atoms. The second kappa shape index (κ2) is 6.30. The van der Waals surface area contributed by atoms with Gasteiger partial charge >= 0.3 is 0 Å². The van der Waals surface area contributed by atoms with Gasteiger partial charge in [0.15, 0.2) is 5.82 Å². The lowest BCUT2D eigenvalue weighted by Gasteiger charge is -1.99. The first-order valence-electron chi connectivity index (χ1n) is 7.42. The maximum Gasteiger partial charge on any atom is 0.235 e. The number of nitrogens with zero attached hydrogens (tertiary/aromatic N) is 4. The van der Waals surface area contributed by atoms with Crippen LogP contribution in [0, 0.1) is 6.92 Å². The topological polar surface area (TPSA) is 43.1 Å². The van der Waals surface area contributed by atoms with E-state index in [0.29, 0.717) is 0 Å². The number of benzene rings is 2. The van der Waals surface area contributed by atoms with E-state index in [1.165, 1.54) is 16.9 Å². The van der Waals surface area contributed by atoms with E-state index < -0.39 is 0 Å². The maximum absolute atomic E-state index is 4.63. The molecule has 2 aromatic heterocycles. The van der Waals surface area contributed by atoms with Crippen molar-refractivity contribution in [3.05, 3.63) is 69.1 Å². The summed E-state index contributed by atoms with van der Waals surface area (Å²) in [6.45, 7) is 2.08. The van der Waals surface area contributed by atoms with Gasteiger partial charge in [0, 0.05) is 10.0 Å². The number of fused-ring (bicyclic) bond motifs is 1. The van der Waals surface area contributed by atoms with Crippen LogP contribution >= 0.6 is 27.3 Å². The van der Waals surface area contributed by atoms with Crippen LogP contribution in [0.4, 0.5) is 0 Å². The monoisotopic (exact) mass is 396 g/mol. The molecule has 6 heteroatoms. The number of halogens is 1. The quantitative estimate of drug-likeness (QED) is 0.484. The second-order valence-electron chi connectivity index (χ2n) is 5.38. The number of aromatic nitrogens is 4. The van der Waals surface area contributed by atoms with Crippen molar-refractivity contribution in [3.8, 4) is 11.4 Å². The smallest absolute Gasteiger partial charge is 0.182 e. The molecule has 0 unspecified atom stereocenters. The van der Waals surface area contributed by atoms with Gasteiger partial charge < -0.3 is 0 Å². The van der Waals surface area contributed by atoms with E-state index in [1.807, 2.05) is 30.3 Å². The Labute approximate surface area is 151 Å². The first-order valence-corrected chi connectivity index (χ1v) is 9.03. The number of aryl methyl sites for hydroxylation is 1. The van der Waals surface area contributed by atoms with E-state index in [0.717, 1.165) is 31.4 Å². The minimum atomic E-state index is 0.740. The zero-order valence-electron chi connectivity index (χ0n) is 12.8. The minimum Gasteiger partial charge on any atom is -0.182 e. The minimum absolute atomic E-state index is 0.740. The predicted octanol–water partition coefficient (Wildman–Crippen LogP) is 5.09. The molecule has 2 heterocycles. The Hall–Kier alpha value is -2.31. The molecular formula is C18H13BrN4S. The van der Waals surface area contributed by atoms with Gasteiger partial charge in [-0.2, -0.15) is 9.61 Å². The van der Waals surface area contributed by atoms with Crippen LogP contribution in [-0.4, -0.2) is 19.8 Å². The molecule has 4 rings (SSSR count). The van der Waals surface area contributed by atoms with Crippen LogP contribution in [0.5, 0.6) is 0 Å². The molecule has 0 fully saturated rings. The van der Waals surface area contributed by atoms with Crippen molar-refractivity contribution in [2.75, 3.05) is 0 Å². The Morgan fingerprint density at radius 2 is 1.79 bits per heavy atom. The molecule has 0 aliphatic carbocycles. The van der Waals surface area contributed by atoms with Gasteiger partial charge in [0.2, 0.25) is 4.96 Å². The molecule has 0 saturated heterocycles. The molecule has 2 aromatic carbocycles. The van der Waals surface area contributed by atoms with E-state index in [-0.39, 0.29) is 0 Å². The first kappa shape index (κ1) is 15.2. The zero-order chi connectivity index (χ0) is 16.5. The van der Waals surface area contributed by atoms with Crippen molar-refractivity contribution in [1.29, 1.82) is 0 Å². The van der Waals surface area contributed by atoms with Gasteiger partial charge in [-0.3, -0.25) is 0 Å². The van der Waals surface area contributed by atoms with Gasteiger partial charge in [0.25, 0.3) is 0 Å². The Kier molecular flexibility index (Phi) is 4.00. The highest BCUT2D eigenvalue weighted by atomic mass is 79.9. The molecule has 0 spiro atoms. The van der Waals surface area contributed by atoms with Crippen LogP contribution in [0.25, 0.3) is 28.5 Å². The normalized spacial score (nSPS) is 11.6. The van der Waals surface area contributed by atoms with Crippen LogP contribution in [0.15, 0.2) is 53.0 Å². The summed E-state index contributed by atoms with van der Waals surface area (Å²) >= 11 is 5.08. The average molecular weight is 397 g/mol. The van der Waals surface area contributed by atoms with E-state index in [9.17, 15) is 0 Å². The highest BCUT2D eigenvalue weighted by molar-refractivity contribution is 9.10. The summed E-state index contributed by atoms with van der Waals surface area (Å²) in [4.78, 5) is 0.782. The van der Waals surface area contributed by atoms with Crippen LogP contribution in [0.1, 0.15) is 16.1 Å². The number of hydrogen-bond acceptors (Lipinski definition) is 4. The van der Waals surface area contributed by atoms with Crippen LogP contribution in [-0.2, 0) is 0 Å². The summed E-state index contributed by atoms with van der Waals surface area (Å²) in [5.74, 6) is 0.740. The Morgan fingerprint density at radius 3 is 2.58 bits per heavy atom. The Bertz CT molecular complexity index is 1030. The molecule has 118 valence electrons. The van der Waals surface area contributed by atoms with E-state index in [2.05, 4.69) is 68.5 Å².